The van der Waals surface area contributed by atoms with Crippen molar-refractivity contribution in [1.29, 1.82) is 0 Å². The van der Waals surface area contributed by atoms with Crippen molar-refractivity contribution in [3.05, 3.63) is 69.4 Å². The van der Waals surface area contributed by atoms with Gasteiger partial charge in [0, 0.05) is 21.6 Å². The van der Waals surface area contributed by atoms with Gasteiger partial charge in [-0.25, -0.2) is 4.39 Å². The number of rotatable bonds is 5. The van der Waals surface area contributed by atoms with Gasteiger partial charge < -0.3 is 0 Å². The maximum Gasteiger partial charge on any atom is 0.127 e. The highest BCUT2D eigenvalue weighted by atomic mass is 79.9. The van der Waals surface area contributed by atoms with Gasteiger partial charge in [-0.1, -0.05) is 51.8 Å². The van der Waals surface area contributed by atoms with Gasteiger partial charge in [0.25, 0.3) is 0 Å². The Labute approximate surface area is 143 Å². The summed E-state index contributed by atoms with van der Waals surface area (Å²) < 4.78 is 14.8. The van der Waals surface area contributed by atoms with Crippen LogP contribution in [0.25, 0.3) is 0 Å². The summed E-state index contributed by atoms with van der Waals surface area (Å²) >= 11 is 15.7. The molecule has 0 heterocycles. The van der Waals surface area contributed by atoms with Crippen molar-refractivity contribution in [3.8, 4) is 0 Å². The van der Waals surface area contributed by atoms with Gasteiger partial charge in [-0.05, 0) is 36.6 Å². The normalized spacial score (nSPS) is 11.7. The first-order valence-electron chi connectivity index (χ1n) is 6.64. The maximum atomic E-state index is 14.1. The Kier molecular flexibility index (Phi) is 5.70. The van der Waals surface area contributed by atoms with E-state index in [-0.39, 0.29) is 5.82 Å². The van der Waals surface area contributed by atoms with Gasteiger partial charge >= 0.3 is 0 Å². The van der Waals surface area contributed by atoms with E-state index in [1.165, 1.54) is 11.6 Å². The molecule has 0 radical (unpaired) electrons. The molecule has 0 saturated carbocycles. The minimum Gasteiger partial charge on any atom is -0.207 e. The van der Waals surface area contributed by atoms with Crippen LogP contribution in [0.4, 0.5) is 4.39 Å². The number of halogens is 4. The van der Waals surface area contributed by atoms with Crippen molar-refractivity contribution >= 4 is 39.1 Å². The van der Waals surface area contributed by atoms with Crippen LogP contribution < -0.4 is 0 Å². The van der Waals surface area contributed by atoms with Crippen LogP contribution in [0.5, 0.6) is 0 Å². The topological polar surface area (TPSA) is 0 Å². The fraction of sp³-hybridized carbons (Fsp3) is 0.294. The molecule has 0 amide bonds. The van der Waals surface area contributed by atoms with E-state index in [0.717, 1.165) is 10.0 Å². The summed E-state index contributed by atoms with van der Waals surface area (Å²) in [6.07, 6.45) is 0.474. The van der Waals surface area contributed by atoms with E-state index in [1.54, 1.807) is 6.07 Å². The summed E-state index contributed by atoms with van der Waals surface area (Å²) in [5.41, 5.74) is 2.37. The lowest BCUT2D eigenvalue weighted by molar-refractivity contribution is 0.511. The van der Waals surface area contributed by atoms with E-state index >= 15 is 0 Å². The van der Waals surface area contributed by atoms with Gasteiger partial charge in [0.15, 0.2) is 0 Å². The average molecular weight is 390 g/mol. The Morgan fingerprint density at radius 3 is 2.19 bits per heavy atom. The van der Waals surface area contributed by atoms with Crippen molar-refractivity contribution in [2.24, 2.45) is 0 Å². The van der Waals surface area contributed by atoms with Crippen LogP contribution in [-0.2, 0) is 11.8 Å². The first-order valence-corrected chi connectivity index (χ1v) is 8.50. The number of hydrogen-bond donors (Lipinski definition) is 0. The molecule has 0 aliphatic carbocycles. The van der Waals surface area contributed by atoms with Crippen LogP contribution in [0, 0.1) is 12.7 Å². The molecule has 2 rings (SSSR count). The Balaban J connectivity index is 2.40. The average Bonchev–Trinajstić information content (AvgIpc) is 2.48. The van der Waals surface area contributed by atoms with Gasteiger partial charge in [0.05, 0.1) is 0 Å². The molecular weight excluding hydrogens is 374 g/mol. The Hall–Kier alpha value is -0.570. The fourth-order valence-corrected chi connectivity index (χ4v) is 3.44. The predicted molar refractivity (Wildman–Crippen MR) is 92.1 cm³/mol. The first-order chi connectivity index (χ1) is 10.0. The second-order valence-electron chi connectivity index (χ2n) is 5.33. The van der Waals surface area contributed by atoms with E-state index in [2.05, 4.69) is 15.9 Å². The van der Waals surface area contributed by atoms with Gasteiger partial charge in [0.2, 0.25) is 0 Å². The lowest BCUT2D eigenvalue weighted by Crippen LogP contribution is -2.33. The van der Waals surface area contributed by atoms with Gasteiger partial charge in [-0.15, -0.1) is 23.2 Å². The molecule has 0 aliphatic heterocycles. The van der Waals surface area contributed by atoms with Gasteiger partial charge in [0.1, 0.15) is 5.82 Å². The minimum absolute atomic E-state index is 0.240. The minimum atomic E-state index is -0.467. The number of benzene rings is 2. The molecular formula is C17H16BrCl2F. The molecule has 4 heteroatoms. The molecule has 0 fully saturated rings. The molecule has 2 aromatic carbocycles. The van der Waals surface area contributed by atoms with Crippen LogP contribution in [0.2, 0.25) is 0 Å². The standard InChI is InChI=1S/C17H16BrCl2F/c1-12-2-5-14(6-3-12)17(10-19,11-20)9-13-4-7-15(18)8-16(13)21/h2-8H,9-11H2,1H3. The molecule has 2 aromatic rings. The van der Waals surface area contributed by atoms with Gasteiger partial charge in [-0.2, -0.15) is 0 Å². The lowest BCUT2D eigenvalue weighted by atomic mass is 9.78. The van der Waals surface area contributed by atoms with Crippen molar-refractivity contribution in [2.75, 3.05) is 11.8 Å². The van der Waals surface area contributed by atoms with E-state index in [9.17, 15) is 4.39 Å². The molecule has 0 nitrogen and oxygen atoms in total. The zero-order chi connectivity index (χ0) is 15.5. The highest BCUT2D eigenvalue weighted by molar-refractivity contribution is 9.10. The first kappa shape index (κ1) is 16.8. The van der Waals surface area contributed by atoms with E-state index in [0.29, 0.717) is 23.7 Å². The van der Waals surface area contributed by atoms with Gasteiger partial charge in [-0.3, -0.25) is 0 Å². The molecule has 112 valence electrons. The molecule has 0 atom stereocenters. The van der Waals surface area contributed by atoms with E-state index in [4.69, 9.17) is 23.2 Å². The highest BCUT2D eigenvalue weighted by Crippen LogP contribution is 2.33. The molecule has 0 aliphatic rings. The summed E-state index contributed by atoms with van der Waals surface area (Å²) in [6.45, 7) is 2.03. The van der Waals surface area contributed by atoms with Crippen LogP contribution in [-0.4, -0.2) is 11.8 Å². The monoisotopic (exact) mass is 388 g/mol. The molecule has 0 N–H and O–H groups in total. The van der Waals surface area contributed by atoms with Crippen LogP contribution in [0.1, 0.15) is 16.7 Å². The largest absolute Gasteiger partial charge is 0.207 e. The zero-order valence-electron chi connectivity index (χ0n) is 11.7. The van der Waals surface area contributed by atoms with Crippen molar-refractivity contribution in [2.45, 2.75) is 18.8 Å². The Bertz CT molecular complexity index is 607. The summed E-state index contributed by atoms with van der Waals surface area (Å²) in [5, 5.41) is 0. The quantitative estimate of drug-likeness (QED) is 0.562. The Morgan fingerprint density at radius 1 is 1.05 bits per heavy atom. The van der Waals surface area contributed by atoms with Crippen molar-refractivity contribution in [1.82, 2.24) is 0 Å². The van der Waals surface area contributed by atoms with Crippen molar-refractivity contribution in [3.63, 3.8) is 0 Å². The molecule has 0 saturated heterocycles. The maximum absolute atomic E-state index is 14.1. The highest BCUT2D eigenvalue weighted by Gasteiger charge is 2.32. The lowest BCUT2D eigenvalue weighted by Gasteiger charge is -2.30. The SMILES string of the molecule is Cc1ccc(C(CCl)(CCl)Cc2ccc(Br)cc2F)cc1. The molecule has 0 spiro atoms. The summed E-state index contributed by atoms with van der Waals surface area (Å²) in [5.74, 6) is 0.445. The third-order valence-corrected chi connectivity index (χ3v) is 5.24. The molecule has 0 aromatic heterocycles. The predicted octanol–water partition coefficient (Wildman–Crippen LogP) is 5.85. The van der Waals surface area contributed by atoms with Crippen molar-refractivity contribution < 1.29 is 4.39 Å². The summed E-state index contributed by atoms with van der Waals surface area (Å²) in [6, 6.07) is 13.2. The zero-order valence-corrected chi connectivity index (χ0v) is 14.8. The third-order valence-electron chi connectivity index (χ3n) is 3.72. The number of alkyl halides is 2. The number of hydrogen-bond acceptors (Lipinski definition) is 0. The van der Waals surface area contributed by atoms with E-state index < -0.39 is 5.41 Å². The number of aryl methyl sites for hydroxylation is 1. The summed E-state index contributed by atoms with van der Waals surface area (Å²) in [7, 11) is 0. The summed E-state index contributed by atoms with van der Waals surface area (Å²) in [4.78, 5) is 0. The van der Waals surface area contributed by atoms with Crippen LogP contribution >= 0.6 is 39.1 Å². The van der Waals surface area contributed by atoms with Crippen LogP contribution in [0.15, 0.2) is 46.9 Å². The second-order valence-corrected chi connectivity index (χ2v) is 6.78. The smallest absolute Gasteiger partial charge is 0.127 e. The fourth-order valence-electron chi connectivity index (χ4n) is 2.32. The molecule has 0 bridgehead atoms. The third kappa shape index (κ3) is 3.80. The Morgan fingerprint density at radius 2 is 1.67 bits per heavy atom. The van der Waals surface area contributed by atoms with E-state index in [1.807, 2.05) is 37.3 Å². The second kappa shape index (κ2) is 7.13. The van der Waals surface area contributed by atoms with Crippen LogP contribution in [0.3, 0.4) is 0 Å². The molecule has 21 heavy (non-hydrogen) atoms. The molecule has 0 unspecified atom stereocenters.